The average molecular weight is 232 g/mol. The van der Waals surface area contributed by atoms with Gasteiger partial charge in [0.15, 0.2) is 11.0 Å². The summed E-state index contributed by atoms with van der Waals surface area (Å²) >= 11 is 0. The van der Waals surface area contributed by atoms with E-state index in [1.165, 1.54) is 12.1 Å². The van der Waals surface area contributed by atoms with E-state index in [4.69, 9.17) is 10.7 Å². The van der Waals surface area contributed by atoms with Crippen molar-refractivity contribution in [1.82, 2.24) is 0 Å². The van der Waals surface area contributed by atoms with Crippen molar-refractivity contribution in [3.63, 3.8) is 0 Å². The lowest BCUT2D eigenvalue weighted by Crippen LogP contribution is -1.90. The van der Waals surface area contributed by atoms with Crippen molar-refractivity contribution in [3.8, 4) is 6.07 Å². The zero-order valence-corrected chi connectivity index (χ0v) is 9.10. The fraction of sp³-hybridized carbons (Fsp3) is 0.250. The Morgan fingerprint density at radius 3 is 2.53 bits per heavy atom. The Kier molecular flexibility index (Phi) is 4.65. The fourth-order valence-electron chi connectivity index (χ4n) is 1.37. The second-order valence-electron chi connectivity index (χ2n) is 3.49. The summed E-state index contributed by atoms with van der Waals surface area (Å²) in [5.74, 6) is -0.528. The summed E-state index contributed by atoms with van der Waals surface area (Å²) in [6.45, 7) is 0. The molecule has 0 saturated carbocycles. The number of diazo groups is 1. The van der Waals surface area contributed by atoms with Crippen LogP contribution in [0.15, 0.2) is 35.7 Å². The number of rotatable bonds is 4. The van der Waals surface area contributed by atoms with Gasteiger partial charge in [-0.2, -0.15) is 5.26 Å². The molecule has 0 spiro atoms. The van der Waals surface area contributed by atoms with E-state index >= 15 is 0 Å². The first kappa shape index (κ1) is 12.7. The molecular weight excluding hydrogens is 221 g/mol. The van der Waals surface area contributed by atoms with Crippen molar-refractivity contribution in [2.75, 3.05) is 0 Å². The largest absolute Gasteiger partial charge is 0.504 e. The van der Waals surface area contributed by atoms with Crippen molar-refractivity contribution >= 4 is 0 Å². The molecule has 17 heavy (non-hydrogen) atoms. The molecule has 1 aromatic carbocycles. The van der Waals surface area contributed by atoms with E-state index in [-0.39, 0.29) is 23.7 Å². The molecule has 0 bridgehead atoms. The van der Waals surface area contributed by atoms with Crippen molar-refractivity contribution in [2.45, 2.75) is 19.3 Å². The maximum Gasteiger partial charge on any atom is 0.497 e. The Bertz CT molecular complexity index is 478. The topological polar surface area (TPSA) is 72.2 Å². The van der Waals surface area contributed by atoms with Gasteiger partial charge in [0.2, 0.25) is 11.2 Å². The second kappa shape index (κ2) is 6.24. The van der Waals surface area contributed by atoms with Gasteiger partial charge < -0.3 is 5.11 Å². The van der Waals surface area contributed by atoms with Gasteiger partial charge in [-0.3, -0.25) is 0 Å². The highest BCUT2D eigenvalue weighted by atomic mass is 19.1. The average Bonchev–Trinajstić information content (AvgIpc) is 2.33. The van der Waals surface area contributed by atoms with Gasteiger partial charge in [0.25, 0.3) is 0 Å². The van der Waals surface area contributed by atoms with Gasteiger partial charge in [-0.15, -0.1) is 0 Å². The van der Waals surface area contributed by atoms with Crippen LogP contribution in [-0.4, -0.2) is 5.11 Å². The zero-order valence-electron chi connectivity index (χ0n) is 9.10. The second-order valence-corrected chi connectivity index (χ2v) is 3.49. The van der Waals surface area contributed by atoms with Crippen LogP contribution in [0.5, 0.6) is 0 Å². The molecule has 0 saturated heterocycles. The van der Waals surface area contributed by atoms with Crippen molar-refractivity contribution < 1.29 is 9.50 Å². The Labute approximate surface area is 98.2 Å². The van der Waals surface area contributed by atoms with Crippen LogP contribution in [0, 0.1) is 22.5 Å². The van der Waals surface area contributed by atoms with E-state index in [1.807, 2.05) is 0 Å². The van der Waals surface area contributed by atoms with E-state index in [0.717, 1.165) is 5.56 Å². The van der Waals surface area contributed by atoms with Crippen LogP contribution in [0.1, 0.15) is 18.4 Å². The van der Waals surface area contributed by atoms with Gasteiger partial charge >= 0.3 is 5.70 Å². The monoisotopic (exact) mass is 232 g/mol. The molecule has 1 N–H and O–H groups in total. The molecule has 4 nitrogen and oxygen atoms in total. The van der Waals surface area contributed by atoms with Crippen molar-refractivity contribution in [2.24, 2.45) is 0 Å². The first-order chi connectivity index (χ1) is 8.17. The minimum Gasteiger partial charge on any atom is -0.504 e. The van der Waals surface area contributed by atoms with E-state index in [1.54, 1.807) is 18.2 Å². The van der Waals surface area contributed by atoms with Gasteiger partial charge in [-0.05, 0) is 30.5 Å². The van der Waals surface area contributed by atoms with Crippen LogP contribution in [0.3, 0.4) is 0 Å². The quantitative estimate of drug-likeness (QED) is 0.491. The fourth-order valence-corrected chi connectivity index (χ4v) is 1.37. The molecule has 0 aliphatic carbocycles. The number of hydrogen-bond donors (Lipinski definition) is 1. The van der Waals surface area contributed by atoms with Crippen molar-refractivity contribution in [3.05, 3.63) is 52.1 Å². The third-order valence-electron chi connectivity index (χ3n) is 2.27. The molecule has 86 valence electrons. The molecule has 0 aliphatic rings. The lowest BCUT2D eigenvalue weighted by molar-refractivity contribution is 0.380. The number of halogens is 1. The zero-order chi connectivity index (χ0) is 12.7. The predicted molar refractivity (Wildman–Crippen MR) is 59.7 cm³/mol. The van der Waals surface area contributed by atoms with Crippen LogP contribution in [0.25, 0.3) is 4.98 Å². The molecule has 0 aromatic heterocycles. The van der Waals surface area contributed by atoms with Crippen LogP contribution in [-0.2, 0) is 6.42 Å². The molecular formula is C12H11FN3O+. The van der Waals surface area contributed by atoms with Gasteiger partial charge in [0.1, 0.15) is 5.82 Å². The minimum atomic E-state index is -0.371. The molecule has 0 heterocycles. The van der Waals surface area contributed by atoms with Crippen LogP contribution >= 0.6 is 0 Å². The molecule has 0 radical (unpaired) electrons. The van der Waals surface area contributed by atoms with E-state index < -0.39 is 0 Å². The Morgan fingerprint density at radius 1 is 1.35 bits per heavy atom. The summed E-state index contributed by atoms with van der Waals surface area (Å²) in [5, 5.41) is 26.2. The first-order valence-corrected chi connectivity index (χ1v) is 5.09. The molecule has 0 atom stereocenters. The number of aryl methyl sites for hydroxylation is 1. The summed E-state index contributed by atoms with van der Waals surface area (Å²) < 4.78 is 12.6. The lowest BCUT2D eigenvalue weighted by atomic mass is 10.1. The molecule has 0 fully saturated rings. The maximum absolute atomic E-state index is 12.6. The van der Waals surface area contributed by atoms with Gasteiger partial charge in [0.05, 0.1) is 0 Å². The van der Waals surface area contributed by atoms with Gasteiger partial charge in [0, 0.05) is 6.42 Å². The van der Waals surface area contributed by atoms with Gasteiger partial charge in [-0.1, -0.05) is 12.1 Å². The molecule has 0 aliphatic heterocycles. The Balaban J connectivity index is 2.49. The minimum absolute atomic E-state index is 0.239. The number of aliphatic hydroxyl groups excluding tert-OH is 1. The van der Waals surface area contributed by atoms with Crippen molar-refractivity contribution in [1.29, 1.82) is 10.7 Å². The number of nitriles is 1. The van der Waals surface area contributed by atoms with Gasteiger partial charge in [-0.25, -0.2) is 4.39 Å². The highest BCUT2D eigenvalue weighted by Crippen LogP contribution is 2.12. The van der Waals surface area contributed by atoms with E-state index in [2.05, 4.69) is 4.98 Å². The van der Waals surface area contributed by atoms with Crippen LogP contribution in [0.2, 0.25) is 0 Å². The maximum atomic E-state index is 12.6. The molecule has 0 amide bonds. The number of aliphatic hydroxyl groups is 1. The van der Waals surface area contributed by atoms with Crippen LogP contribution < -0.4 is 0 Å². The highest BCUT2D eigenvalue weighted by Gasteiger charge is 2.16. The molecule has 5 heteroatoms. The SMILES string of the molecule is N#C/C([N+]#N)=C(\O)CCCc1ccc(F)cc1. The van der Waals surface area contributed by atoms with E-state index in [0.29, 0.717) is 12.8 Å². The third-order valence-corrected chi connectivity index (χ3v) is 2.27. The number of benzene rings is 1. The third kappa shape index (κ3) is 3.92. The number of nitrogens with zero attached hydrogens (tertiary/aromatic N) is 3. The molecule has 1 aromatic rings. The number of allylic oxidation sites excluding steroid dienone is 2. The lowest BCUT2D eigenvalue weighted by Gasteiger charge is -1.99. The Morgan fingerprint density at radius 2 is 2.00 bits per heavy atom. The smallest absolute Gasteiger partial charge is 0.497 e. The molecule has 0 unspecified atom stereocenters. The first-order valence-electron chi connectivity index (χ1n) is 5.09. The summed E-state index contributed by atoms with van der Waals surface area (Å²) in [4.78, 5) is 2.66. The highest BCUT2D eigenvalue weighted by molar-refractivity contribution is 5.28. The Hall–Kier alpha value is -2.40. The normalized spacial score (nSPS) is 11.2. The summed E-state index contributed by atoms with van der Waals surface area (Å²) in [7, 11) is 0. The summed E-state index contributed by atoms with van der Waals surface area (Å²) in [6, 6.07) is 7.64. The number of hydrogen-bond acceptors (Lipinski definition) is 3. The van der Waals surface area contributed by atoms with E-state index in [9.17, 15) is 9.50 Å². The summed E-state index contributed by atoms with van der Waals surface area (Å²) in [6.07, 6.45) is 1.47. The predicted octanol–water partition coefficient (Wildman–Crippen LogP) is 3.29. The summed E-state index contributed by atoms with van der Waals surface area (Å²) in [5.41, 5.74) is 0.572. The standard InChI is InChI=1S/C12H10FN3O/c13-10-6-4-9(5-7-10)2-1-3-12(17)11(8-14)16-15/h4-7H,1-3H2/p+1/b12-11+. The molecule has 1 rings (SSSR count). The van der Waals surface area contributed by atoms with Crippen LogP contribution in [0.4, 0.5) is 4.39 Å².